The smallest absolute Gasteiger partial charge is 0.257 e. The van der Waals surface area contributed by atoms with Crippen molar-refractivity contribution in [3.63, 3.8) is 0 Å². The van der Waals surface area contributed by atoms with Crippen LogP contribution in [-0.4, -0.2) is 34.3 Å². The van der Waals surface area contributed by atoms with Crippen LogP contribution in [0, 0.1) is 12.7 Å². The lowest BCUT2D eigenvalue weighted by Gasteiger charge is -2.13. The summed E-state index contributed by atoms with van der Waals surface area (Å²) < 4.78 is 16.5. The maximum atomic E-state index is 14.4. The molecule has 4 rings (SSSR count). The number of hydrogen-bond donors (Lipinski definition) is 1. The first-order chi connectivity index (χ1) is 12.9. The molecule has 1 saturated carbocycles. The van der Waals surface area contributed by atoms with Gasteiger partial charge in [-0.25, -0.2) is 9.37 Å². The summed E-state index contributed by atoms with van der Waals surface area (Å²) in [6, 6.07) is 8.57. The number of pyridine rings is 1. The Morgan fingerprint density at radius 1 is 1.30 bits per heavy atom. The number of nitrogens with one attached hydrogen (secondary N) is 1. The molecule has 2 aromatic heterocycles. The minimum absolute atomic E-state index is 0.190. The Kier molecular flexibility index (Phi) is 4.44. The summed E-state index contributed by atoms with van der Waals surface area (Å²) in [5, 5.41) is 2.71. The van der Waals surface area contributed by atoms with E-state index in [0.717, 1.165) is 35.4 Å². The molecule has 0 bridgehead atoms. The van der Waals surface area contributed by atoms with Crippen LogP contribution < -0.4 is 5.32 Å². The predicted molar refractivity (Wildman–Crippen MR) is 104 cm³/mol. The van der Waals surface area contributed by atoms with E-state index in [0.29, 0.717) is 18.0 Å². The fraction of sp³-hybridized carbons (Fsp3) is 0.333. The van der Waals surface area contributed by atoms with Gasteiger partial charge in [0.2, 0.25) is 0 Å². The normalized spacial score (nSPS) is 14.1. The molecular weight excluding hydrogens is 343 g/mol. The van der Waals surface area contributed by atoms with E-state index in [1.165, 1.54) is 6.07 Å². The number of fused-ring (bicyclic) bond motifs is 1. The number of rotatable bonds is 5. The molecule has 1 aliphatic carbocycles. The van der Waals surface area contributed by atoms with Crippen molar-refractivity contribution in [2.24, 2.45) is 0 Å². The van der Waals surface area contributed by atoms with E-state index in [2.05, 4.69) is 10.3 Å². The Balaban J connectivity index is 1.61. The minimum Gasteiger partial charge on any atom is -0.319 e. The predicted octanol–water partition coefficient (Wildman–Crippen LogP) is 3.97. The van der Waals surface area contributed by atoms with E-state index < -0.39 is 5.82 Å². The quantitative estimate of drug-likeness (QED) is 0.743. The average molecular weight is 366 g/mol. The van der Waals surface area contributed by atoms with Gasteiger partial charge in [0, 0.05) is 18.2 Å². The van der Waals surface area contributed by atoms with Gasteiger partial charge in [-0.05, 0) is 63.7 Å². The highest BCUT2D eigenvalue weighted by Gasteiger charge is 2.29. The molecule has 1 fully saturated rings. The van der Waals surface area contributed by atoms with Crippen molar-refractivity contribution >= 4 is 17.1 Å². The number of nitrogens with zero attached hydrogens (tertiary/aromatic N) is 3. The Morgan fingerprint density at radius 3 is 2.74 bits per heavy atom. The zero-order chi connectivity index (χ0) is 19.1. The van der Waals surface area contributed by atoms with Gasteiger partial charge in [0.05, 0.1) is 23.0 Å². The molecule has 1 aliphatic rings. The van der Waals surface area contributed by atoms with Crippen molar-refractivity contribution in [1.29, 1.82) is 0 Å². The van der Waals surface area contributed by atoms with Crippen molar-refractivity contribution in [1.82, 2.24) is 14.3 Å². The van der Waals surface area contributed by atoms with Crippen LogP contribution in [0.5, 0.6) is 0 Å². The van der Waals surface area contributed by atoms with Crippen molar-refractivity contribution in [3.8, 4) is 0 Å². The number of halogens is 1. The van der Waals surface area contributed by atoms with E-state index in [4.69, 9.17) is 0 Å². The molecule has 27 heavy (non-hydrogen) atoms. The molecule has 1 aromatic carbocycles. The second kappa shape index (κ2) is 6.78. The molecular formula is C21H23FN4O. The number of hydrogen-bond acceptors (Lipinski definition) is 3. The highest BCUT2D eigenvalue weighted by Crippen LogP contribution is 2.39. The number of aryl methyl sites for hydroxylation is 1. The Bertz CT molecular complexity index is 1020. The molecule has 0 saturated heterocycles. The summed E-state index contributed by atoms with van der Waals surface area (Å²) in [4.78, 5) is 19.3. The van der Waals surface area contributed by atoms with Gasteiger partial charge >= 0.3 is 0 Å². The van der Waals surface area contributed by atoms with Gasteiger partial charge in [-0.1, -0.05) is 6.07 Å². The number of imidazole rings is 1. The maximum Gasteiger partial charge on any atom is 0.257 e. The summed E-state index contributed by atoms with van der Waals surface area (Å²) in [6.45, 7) is 2.55. The van der Waals surface area contributed by atoms with Crippen LogP contribution in [0.1, 0.15) is 46.2 Å². The molecule has 0 radical (unpaired) electrons. The van der Waals surface area contributed by atoms with Gasteiger partial charge in [0.25, 0.3) is 5.91 Å². The third-order valence-corrected chi connectivity index (χ3v) is 4.93. The van der Waals surface area contributed by atoms with Crippen LogP contribution >= 0.6 is 0 Å². The topological polar surface area (TPSA) is 49.6 Å². The first-order valence-corrected chi connectivity index (χ1v) is 9.15. The van der Waals surface area contributed by atoms with E-state index in [-0.39, 0.29) is 11.6 Å². The van der Waals surface area contributed by atoms with Crippen LogP contribution in [0.3, 0.4) is 0 Å². The fourth-order valence-electron chi connectivity index (χ4n) is 3.46. The Morgan fingerprint density at radius 2 is 2.07 bits per heavy atom. The third-order valence-electron chi connectivity index (χ3n) is 4.93. The molecule has 2 heterocycles. The molecule has 0 aliphatic heterocycles. The summed E-state index contributed by atoms with van der Waals surface area (Å²) in [5.41, 5.74) is 3.38. The van der Waals surface area contributed by atoms with Crippen molar-refractivity contribution in [3.05, 3.63) is 65.0 Å². The summed E-state index contributed by atoms with van der Waals surface area (Å²) in [6.07, 6.45) is 4.12. The molecule has 140 valence electrons. The molecule has 3 aromatic rings. The van der Waals surface area contributed by atoms with Gasteiger partial charge in [-0.2, -0.15) is 0 Å². The molecule has 1 amide bonds. The lowest BCUT2D eigenvalue weighted by atomic mass is 10.1. The van der Waals surface area contributed by atoms with Gasteiger partial charge < -0.3 is 10.2 Å². The molecule has 0 spiro atoms. The SMILES string of the molecule is Cc1c(C(=O)Nc2ccc(CN(C)C)cc2F)ccc2cnc(C3CC3)n12. The molecule has 6 heteroatoms. The van der Waals surface area contributed by atoms with Gasteiger partial charge in [0.15, 0.2) is 0 Å². The highest BCUT2D eigenvalue weighted by atomic mass is 19.1. The van der Waals surface area contributed by atoms with Gasteiger partial charge in [0.1, 0.15) is 11.6 Å². The lowest BCUT2D eigenvalue weighted by Crippen LogP contribution is -2.17. The largest absolute Gasteiger partial charge is 0.319 e. The lowest BCUT2D eigenvalue weighted by molar-refractivity contribution is 0.102. The second-order valence-electron chi connectivity index (χ2n) is 7.49. The number of benzene rings is 1. The first-order valence-electron chi connectivity index (χ1n) is 9.15. The number of anilines is 1. The number of carbonyl (C=O) groups is 1. The highest BCUT2D eigenvalue weighted by molar-refractivity contribution is 6.05. The van der Waals surface area contributed by atoms with Crippen LogP contribution in [0.4, 0.5) is 10.1 Å². The number of carbonyl (C=O) groups excluding carboxylic acids is 1. The Labute approximate surface area is 157 Å². The second-order valence-corrected chi connectivity index (χ2v) is 7.49. The van der Waals surface area contributed by atoms with Gasteiger partial charge in [-0.3, -0.25) is 9.20 Å². The van der Waals surface area contributed by atoms with E-state index in [9.17, 15) is 9.18 Å². The van der Waals surface area contributed by atoms with E-state index >= 15 is 0 Å². The number of aromatic nitrogens is 2. The van der Waals surface area contributed by atoms with E-state index in [1.807, 2.05) is 48.6 Å². The van der Waals surface area contributed by atoms with Crippen LogP contribution in [-0.2, 0) is 6.54 Å². The Hall–Kier alpha value is -2.73. The van der Waals surface area contributed by atoms with Crippen molar-refractivity contribution in [2.75, 3.05) is 19.4 Å². The molecule has 1 N–H and O–H groups in total. The van der Waals surface area contributed by atoms with Crippen LogP contribution in [0.25, 0.3) is 5.52 Å². The van der Waals surface area contributed by atoms with Crippen molar-refractivity contribution in [2.45, 2.75) is 32.2 Å². The fourth-order valence-corrected chi connectivity index (χ4v) is 3.46. The third kappa shape index (κ3) is 3.45. The van der Waals surface area contributed by atoms with Gasteiger partial charge in [-0.15, -0.1) is 0 Å². The number of amides is 1. The molecule has 5 nitrogen and oxygen atoms in total. The minimum atomic E-state index is -0.428. The molecule has 0 atom stereocenters. The molecule has 0 unspecified atom stereocenters. The summed E-state index contributed by atoms with van der Waals surface area (Å²) in [7, 11) is 3.86. The zero-order valence-electron chi connectivity index (χ0n) is 15.8. The van der Waals surface area contributed by atoms with E-state index in [1.54, 1.807) is 12.1 Å². The van der Waals surface area contributed by atoms with Crippen molar-refractivity contribution < 1.29 is 9.18 Å². The first kappa shape index (κ1) is 17.7. The summed E-state index contributed by atoms with van der Waals surface area (Å²) >= 11 is 0. The average Bonchev–Trinajstić information content (AvgIpc) is 3.36. The monoisotopic (exact) mass is 366 g/mol. The standard InChI is InChI=1S/C21H23FN4O/c1-13-17(8-7-16-11-23-20(26(13)16)15-5-6-15)21(27)24-19-9-4-14(10-18(19)22)12-25(2)3/h4,7-11,15H,5-6,12H2,1-3H3,(H,24,27). The summed E-state index contributed by atoms with van der Waals surface area (Å²) in [5.74, 6) is 0.745. The maximum absolute atomic E-state index is 14.4. The van der Waals surface area contributed by atoms with Crippen LogP contribution in [0.2, 0.25) is 0 Å². The van der Waals surface area contributed by atoms with Crippen LogP contribution in [0.15, 0.2) is 36.5 Å². The zero-order valence-corrected chi connectivity index (χ0v) is 15.8.